The van der Waals surface area contributed by atoms with Crippen molar-refractivity contribution in [2.45, 2.75) is 25.7 Å². The minimum atomic E-state index is -0.0238. The van der Waals surface area contributed by atoms with Gasteiger partial charge in [0.1, 0.15) is 0 Å². The Labute approximate surface area is 103 Å². The van der Waals surface area contributed by atoms with E-state index in [-0.39, 0.29) is 11.2 Å². The molecule has 1 atom stereocenters. The lowest BCUT2D eigenvalue weighted by Gasteiger charge is -2.31. The van der Waals surface area contributed by atoms with Gasteiger partial charge >= 0.3 is 0 Å². The molecule has 0 amide bonds. The maximum atomic E-state index is 11.3. The molecule has 17 heavy (non-hydrogen) atoms. The molecule has 86 valence electrons. The molecule has 1 heteroatoms. The Bertz CT molecular complexity index is 464. The molecule has 0 aliphatic heterocycles. The van der Waals surface area contributed by atoms with Gasteiger partial charge in [-0.15, -0.1) is 12.3 Å². The highest BCUT2D eigenvalue weighted by molar-refractivity contribution is 5.90. The molecule has 1 aromatic rings. The van der Waals surface area contributed by atoms with E-state index in [2.05, 4.69) is 18.1 Å². The predicted octanol–water partition coefficient (Wildman–Crippen LogP) is 3.16. The van der Waals surface area contributed by atoms with Crippen molar-refractivity contribution in [1.82, 2.24) is 0 Å². The number of benzene rings is 1. The first-order valence-electron chi connectivity index (χ1n) is 5.94. The molecule has 0 radical (unpaired) electrons. The van der Waals surface area contributed by atoms with Crippen molar-refractivity contribution in [3.05, 3.63) is 48.0 Å². The van der Waals surface area contributed by atoms with Gasteiger partial charge < -0.3 is 0 Å². The Hall–Kier alpha value is -1.81. The molecule has 1 aromatic carbocycles. The molecule has 0 aromatic heterocycles. The van der Waals surface area contributed by atoms with Gasteiger partial charge in [0.05, 0.1) is 0 Å². The van der Waals surface area contributed by atoms with Crippen LogP contribution in [0.5, 0.6) is 0 Å². The van der Waals surface area contributed by atoms with Crippen LogP contribution in [0.1, 0.15) is 24.8 Å². The molecule has 0 saturated carbocycles. The third-order valence-corrected chi connectivity index (χ3v) is 3.35. The van der Waals surface area contributed by atoms with E-state index in [1.165, 1.54) is 5.56 Å². The molecule has 1 nitrogen and oxygen atoms in total. The lowest BCUT2D eigenvalue weighted by atomic mass is 9.72. The molecular formula is C16H16O. The third-order valence-electron chi connectivity index (χ3n) is 3.35. The van der Waals surface area contributed by atoms with Gasteiger partial charge in [0.2, 0.25) is 0 Å². The molecule has 0 heterocycles. The molecule has 0 spiro atoms. The van der Waals surface area contributed by atoms with Gasteiger partial charge in [0, 0.05) is 18.3 Å². The molecule has 1 unspecified atom stereocenters. The van der Waals surface area contributed by atoms with Crippen LogP contribution in [0.15, 0.2) is 42.5 Å². The minimum absolute atomic E-state index is 0.0238. The molecule has 2 rings (SSSR count). The van der Waals surface area contributed by atoms with E-state index in [1.54, 1.807) is 6.08 Å². The van der Waals surface area contributed by atoms with E-state index >= 15 is 0 Å². The first kappa shape index (κ1) is 11.7. The van der Waals surface area contributed by atoms with Crippen LogP contribution in [0.4, 0.5) is 0 Å². The van der Waals surface area contributed by atoms with Crippen LogP contribution in [-0.4, -0.2) is 5.78 Å². The van der Waals surface area contributed by atoms with Crippen molar-refractivity contribution in [2.75, 3.05) is 0 Å². The van der Waals surface area contributed by atoms with E-state index in [1.807, 2.05) is 24.3 Å². The van der Waals surface area contributed by atoms with E-state index in [9.17, 15) is 4.79 Å². The smallest absolute Gasteiger partial charge is 0.155 e. The van der Waals surface area contributed by atoms with E-state index in [0.29, 0.717) is 12.8 Å². The van der Waals surface area contributed by atoms with Crippen LogP contribution in [0.2, 0.25) is 0 Å². The fraction of sp³-hybridized carbons (Fsp3) is 0.312. The van der Waals surface area contributed by atoms with Gasteiger partial charge in [0.15, 0.2) is 5.78 Å². The monoisotopic (exact) mass is 224 g/mol. The van der Waals surface area contributed by atoms with Crippen LogP contribution in [0.3, 0.4) is 0 Å². The van der Waals surface area contributed by atoms with Gasteiger partial charge in [0.25, 0.3) is 0 Å². The van der Waals surface area contributed by atoms with Gasteiger partial charge in [-0.2, -0.15) is 0 Å². The van der Waals surface area contributed by atoms with Crippen LogP contribution < -0.4 is 0 Å². The van der Waals surface area contributed by atoms with Crippen molar-refractivity contribution in [1.29, 1.82) is 0 Å². The number of terminal acetylenes is 1. The van der Waals surface area contributed by atoms with E-state index in [4.69, 9.17) is 6.42 Å². The van der Waals surface area contributed by atoms with Crippen LogP contribution in [0, 0.1) is 17.8 Å². The summed E-state index contributed by atoms with van der Waals surface area (Å²) in [5.74, 6) is 2.96. The summed E-state index contributed by atoms with van der Waals surface area (Å²) < 4.78 is 0. The highest BCUT2D eigenvalue weighted by Gasteiger charge is 2.30. The van der Waals surface area contributed by atoms with Crippen molar-refractivity contribution in [3.8, 4) is 12.3 Å². The summed E-state index contributed by atoms with van der Waals surface area (Å²) in [6, 6.07) is 10.3. The zero-order valence-electron chi connectivity index (χ0n) is 9.86. The summed E-state index contributed by atoms with van der Waals surface area (Å²) in [6.07, 6.45) is 12.3. The Morgan fingerprint density at radius 3 is 2.65 bits per heavy atom. The topological polar surface area (TPSA) is 17.1 Å². The number of carbonyl (C=O) groups excluding carboxylic acids is 1. The largest absolute Gasteiger partial charge is 0.295 e. The van der Waals surface area contributed by atoms with Crippen molar-refractivity contribution < 1.29 is 4.79 Å². The summed E-state index contributed by atoms with van der Waals surface area (Å²) in [5.41, 5.74) is 1.26. The second kappa shape index (κ2) is 5.01. The van der Waals surface area contributed by atoms with E-state index in [0.717, 1.165) is 12.8 Å². The first-order chi connectivity index (χ1) is 8.24. The molecule has 0 fully saturated rings. The molecular weight excluding hydrogens is 208 g/mol. The van der Waals surface area contributed by atoms with Gasteiger partial charge in [-0.25, -0.2) is 0 Å². The average Bonchev–Trinajstić information content (AvgIpc) is 2.35. The maximum absolute atomic E-state index is 11.3. The van der Waals surface area contributed by atoms with Gasteiger partial charge in [-0.05, 0) is 24.5 Å². The standard InChI is InChI=1S/C16H16O/c1-2-10-16(11-8-15(17)9-12-16)13-14-6-4-3-5-7-14/h1,3-8,11H,9-10,12-13H2. The van der Waals surface area contributed by atoms with Gasteiger partial charge in [-0.1, -0.05) is 36.4 Å². The highest BCUT2D eigenvalue weighted by atomic mass is 16.1. The Balaban J connectivity index is 2.21. The minimum Gasteiger partial charge on any atom is -0.295 e. The summed E-state index contributed by atoms with van der Waals surface area (Å²) in [6.45, 7) is 0. The third kappa shape index (κ3) is 2.85. The number of hydrogen-bond acceptors (Lipinski definition) is 1. The number of rotatable bonds is 3. The lowest BCUT2D eigenvalue weighted by Crippen LogP contribution is -2.25. The van der Waals surface area contributed by atoms with Gasteiger partial charge in [-0.3, -0.25) is 4.79 Å². The van der Waals surface area contributed by atoms with Crippen LogP contribution in [-0.2, 0) is 11.2 Å². The molecule has 0 N–H and O–H groups in total. The summed E-state index contributed by atoms with van der Waals surface area (Å²) >= 11 is 0. The first-order valence-corrected chi connectivity index (χ1v) is 5.94. The van der Waals surface area contributed by atoms with Crippen LogP contribution in [0.25, 0.3) is 0 Å². The summed E-state index contributed by atoms with van der Waals surface area (Å²) in [4.78, 5) is 11.3. The summed E-state index contributed by atoms with van der Waals surface area (Å²) in [5, 5.41) is 0. The quantitative estimate of drug-likeness (QED) is 0.721. The number of hydrogen-bond donors (Lipinski definition) is 0. The van der Waals surface area contributed by atoms with E-state index < -0.39 is 0 Å². The number of carbonyl (C=O) groups is 1. The maximum Gasteiger partial charge on any atom is 0.155 e. The van der Waals surface area contributed by atoms with Crippen LogP contribution >= 0.6 is 0 Å². The normalized spacial score (nSPS) is 23.4. The molecule has 0 bridgehead atoms. The summed E-state index contributed by atoms with van der Waals surface area (Å²) in [7, 11) is 0. The fourth-order valence-electron chi connectivity index (χ4n) is 2.37. The highest BCUT2D eigenvalue weighted by Crippen LogP contribution is 2.36. The number of allylic oxidation sites excluding steroid dienone is 2. The number of ketones is 1. The molecule has 0 saturated heterocycles. The van der Waals surface area contributed by atoms with Crippen molar-refractivity contribution in [3.63, 3.8) is 0 Å². The average molecular weight is 224 g/mol. The Morgan fingerprint density at radius 2 is 2.06 bits per heavy atom. The molecule has 1 aliphatic rings. The fourth-order valence-corrected chi connectivity index (χ4v) is 2.37. The zero-order chi connectivity index (χ0) is 12.1. The SMILES string of the molecule is C#CCC1(Cc2ccccc2)C=CC(=O)CC1. The predicted molar refractivity (Wildman–Crippen MR) is 69.4 cm³/mol. The second-order valence-corrected chi connectivity index (χ2v) is 4.71. The Morgan fingerprint density at radius 1 is 1.29 bits per heavy atom. The molecule has 1 aliphatic carbocycles. The van der Waals surface area contributed by atoms with Crippen molar-refractivity contribution in [2.24, 2.45) is 5.41 Å². The zero-order valence-corrected chi connectivity index (χ0v) is 9.86. The van der Waals surface area contributed by atoms with Crippen molar-refractivity contribution >= 4 is 5.78 Å². The lowest BCUT2D eigenvalue weighted by molar-refractivity contribution is -0.115. The Kier molecular flexibility index (Phi) is 3.44. The second-order valence-electron chi connectivity index (χ2n) is 4.71.